The molecule has 0 saturated heterocycles. The molecule has 0 fully saturated rings. The summed E-state index contributed by atoms with van der Waals surface area (Å²) in [4.78, 5) is 34.0. The monoisotopic (exact) mass is 300 g/mol. The highest BCUT2D eigenvalue weighted by molar-refractivity contribution is 5.89. The largest absolute Gasteiger partial charge is 0.465 e. The Balaban J connectivity index is 2.38. The molecule has 1 heterocycles. The van der Waals surface area contributed by atoms with Gasteiger partial charge in [-0.25, -0.2) is 9.59 Å². The number of Topliss-reactive ketones (excluding diaryl/α,β-unsaturated/α-hetero) is 1. The Morgan fingerprint density at radius 3 is 2.36 bits per heavy atom. The summed E-state index contributed by atoms with van der Waals surface area (Å²) in [5, 5.41) is 0. The van der Waals surface area contributed by atoms with Gasteiger partial charge in [-0.2, -0.15) is 0 Å². The third kappa shape index (κ3) is 3.69. The fourth-order valence-corrected chi connectivity index (χ4v) is 2.07. The topological polar surface area (TPSA) is 73.6 Å². The Bertz CT molecular complexity index is 740. The number of ketones is 1. The van der Waals surface area contributed by atoms with Crippen molar-refractivity contribution in [2.75, 3.05) is 7.11 Å². The van der Waals surface area contributed by atoms with E-state index in [2.05, 4.69) is 4.74 Å². The third-order valence-corrected chi connectivity index (χ3v) is 3.23. The molecule has 0 N–H and O–H groups in total. The van der Waals surface area contributed by atoms with E-state index in [0.29, 0.717) is 29.7 Å². The molecule has 2 aromatic rings. The maximum atomic E-state index is 11.5. The molecule has 0 amide bonds. The average Bonchev–Trinajstić information content (AvgIpc) is 2.53. The number of carbonyl (C=O) groups excluding carboxylic acids is 2. The average molecular weight is 300 g/mol. The van der Waals surface area contributed by atoms with Crippen molar-refractivity contribution in [3.63, 3.8) is 0 Å². The summed E-state index contributed by atoms with van der Waals surface area (Å²) in [5.74, 6) is 0.0567. The molecule has 1 aromatic heterocycles. The van der Waals surface area contributed by atoms with Gasteiger partial charge >= 0.3 is 11.6 Å². The number of methoxy groups -OCH3 is 1. The normalized spacial score (nSPS) is 10.3. The van der Waals surface area contributed by atoms with Gasteiger partial charge in [0.1, 0.15) is 11.5 Å². The molecule has 0 saturated carbocycles. The van der Waals surface area contributed by atoms with E-state index < -0.39 is 11.6 Å². The predicted molar refractivity (Wildman–Crippen MR) is 80.8 cm³/mol. The van der Waals surface area contributed by atoms with Crippen LogP contribution in [0.5, 0.6) is 0 Å². The van der Waals surface area contributed by atoms with E-state index in [1.165, 1.54) is 20.1 Å². The van der Waals surface area contributed by atoms with E-state index in [1.807, 2.05) is 0 Å². The summed E-state index contributed by atoms with van der Waals surface area (Å²) >= 11 is 0. The summed E-state index contributed by atoms with van der Waals surface area (Å²) in [6.07, 6.45) is 0.869. The minimum absolute atomic E-state index is 0.0678. The minimum atomic E-state index is -0.460. The van der Waals surface area contributed by atoms with Gasteiger partial charge in [-0.3, -0.25) is 0 Å². The van der Waals surface area contributed by atoms with Gasteiger partial charge in [-0.05, 0) is 37.1 Å². The first-order chi connectivity index (χ1) is 10.5. The Morgan fingerprint density at radius 1 is 1.09 bits per heavy atom. The van der Waals surface area contributed by atoms with Crippen LogP contribution in [0.3, 0.4) is 0 Å². The first kappa shape index (κ1) is 15.7. The zero-order valence-electron chi connectivity index (χ0n) is 12.4. The molecule has 0 unspecified atom stereocenters. The number of carbonyl (C=O) groups is 2. The first-order valence-electron chi connectivity index (χ1n) is 6.82. The zero-order chi connectivity index (χ0) is 16.1. The first-order valence-corrected chi connectivity index (χ1v) is 6.82. The second-order valence-corrected chi connectivity index (χ2v) is 4.88. The van der Waals surface area contributed by atoms with E-state index in [0.717, 1.165) is 5.56 Å². The van der Waals surface area contributed by atoms with Crippen LogP contribution in [0.15, 0.2) is 45.6 Å². The van der Waals surface area contributed by atoms with Crippen molar-refractivity contribution in [1.82, 2.24) is 0 Å². The molecule has 0 atom stereocenters. The van der Waals surface area contributed by atoms with Crippen LogP contribution in [0.2, 0.25) is 0 Å². The number of hydrogen-bond acceptors (Lipinski definition) is 5. The van der Waals surface area contributed by atoms with Crippen LogP contribution in [-0.4, -0.2) is 18.9 Å². The Hall–Kier alpha value is -2.69. The fourth-order valence-electron chi connectivity index (χ4n) is 2.07. The second kappa shape index (κ2) is 6.85. The van der Waals surface area contributed by atoms with Crippen LogP contribution >= 0.6 is 0 Å². The number of aryl methyl sites for hydroxylation is 1. The minimum Gasteiger partial charge on any atom is -0.465 e. The zero-order valence-corrected chi connectivity index (χ0v) is 12.4. The van der Waals surface area contributed by atoms with Crippen molar-refractivity contribution in [3.8, 4) is 11.3 Å². The second-order valence-electron chi connectivity index (χ2n) is 4.88. The highest BCUT2D eigenvalue weighted by atomic mass is 16.5. The lowest BCUT2D eigenvalue weighted by Crippen LogP contribution is -2.03. The molecule has 2 rings (SSSR count). The Kier molecular flexibility index (Phi) is 4.88. The van der Waals surface area contributed by atoms with Crippen LogP contribution in [0.1, 0.15) is 29.3 Å². The summed E-state index contributed by atoms with van der Waals surface area (Å²) in [6, 6.07) is 9.57. The van der Waals surface area contributed by atoms with Crippen LogP contribution in [0, 0.1) is 0 Å². The standard InChI is InChI=1S/C17H16O5/c1-11(18)3-4-12-9-10-15(19)22-16(12)13-5-7-14(8-6-13)17(20)21-2/h5-10H,3-4H2,1-2H3. The maximum absolute atomic E-state index is 11.5. The highest BCUT2D eigenvalue weighted by Crippen LogP contribution is 2.24. The fraction of sp³-hybridized carbons (Fsp3) is 0.235. The summed E-state index contributed by atoms with van der Waals surface area (Å²) < 4.78 is 9.91. The van der Waals surface area contributed by atoms with Gasteiger partial charge in [0, 0.05) is 18.1 Å². The molecule has 0 bridgehead atoms. The van der Waals surface area contributed by atoms with E-state index in [9.17, 15) is 14.4 Å². The lowest BCUT2D eigenvalue weighted by molar-refractivity contribution is -0.116. The Labute approximate surface area is 127 Å². The van der Waals surface area contributed by atoms with Crippen molar-refractivity contribution in [3.05, 3.63) is 57.9 Å². The summed E-state index contributed by atoms with van der Waals surface area (Å²) in [5.41, 5.74) is 1.40. The summed E-state index contributed by atoms with van der Waals surface area (Å²) in [6.45, 7) is 1.52. The van der Waals surface area contributed by atoms with E-state index in [4.69, 9.17) is 4.42 Å². The lowest BCUT2D eigenvalue weighted by Gasteiger charge is -2.07. The number of rotatable bonds is 5. The SMILES string of the molecule is COC(=O)c1ccc(-c2oc(=O)ccc2CCC(C)=O)cc1. The highest BCUT2D eigenvalue weighted by Gasteiger charge is 2.11. The number of benzene rings is 1. The number of ether oxygens (including phenoxy) is 1. The molecule has 0 aliphatic carbocycles. The number of hydrogen-bond donors (Lipinski definition) is 0. The molecule has 1 aromatic carbocycles. The smallest absolute Gasteiger partial charge is 0.337 e. The van der Waals surface area contributed by atoms with Crippen LogP contribution in [0.4, 0.5) is 0 Å². The van der Waals surface area contributed by atoms with Crippen molar-refractivity contribution >= 4 is 11.8 Å². The molecule has 5 nitrogen and oxygen atoms in total. The van der Waals surface area contributed by atoms with Crippen molar-refractivity contribution < 1.29 is 18.7 Å². The molecule has 0 aliphatic heterocycles. The van der Waals surface area contributed by atoms with Gasteiger partial charge in [-0.15, -0.1) is 0 Å². The predicted octanol–water partition coefficient (Wildman–Crippen LogP) is 2.62. The Morgan fingerprint density at radius 2 is 1.77 bits per heavy atom. The molecule has 0 radical (unpaired) electrons. The van der Waals surface area contributed by atoms with Crippen LogP contribution in [-0.2, 0) is 16.0 Å². The molecule has 22 heavy (non-hydrogen) atoms. The van der Waals surface area contributed by atoms with Crippen molar-refractivity contribution in [1.29, 1.82) is 0 Å². The molecule has 0 aliphatic rings. The number of esters is 1. The third-order valence-electron chi connectivity index (χ3n) is 3.23. The van der Waals surface area contributed by atoms with Gasteiger partial charge < -0.3 is 13.9 Å². The van der Waals surface area contributed by atoms with Gasteiger partial charge in [-0.1, -0.05) is 12.1 Å². The van der Waals surface area contributed by atoms with Crippen molar-refractivity contribution in [2.45, 2.75) is 19.8 Å². The molecular formula is C17H16O5. The van der Waals surface area contributed by atoms with Gasteiger partial charge in [0.2, 0.25) is 0 Å². The summed E-state index contributed by atoms with van der Waals surface area (Å²) in [7, 11) is 1.31. The van der Waals surface area contributed by atoms with E-state index in [-0.39, 0.29) is 5.78 Å². The molecule has 0 spiro atoms. The molecule has 5 heteroatoms. The lowest BCUT2D eigenvalue weighted by atomic mass is 10.0. The van der Waals surface area contributed by atoms with Crippen LogP contribution < -0.4 is 5.63 Å². The van der Waals surface area contributed by atoms with E-state index in [1.54, 1.807) is 30.3 Å². The van der Waals surface area contributed by atoms with Crippen molar-refractivity contribution in [2.24, 2.45) is 0 Å². The van der Waals surface area contributed by atoms with Crippen LogP contribution in [0.25, 0.3) is 11.3 Å². The molecule has 114 valence electrons. The maximum Gasteiger partial charge on any atom is 0.337 e. The van der Waals surface area contributed by atoms with Gasteiger partial charge in [0.25, 0.3) is 0 Å². The van der Waals surface area contributed by atoms with Gasteiger partial charge in [0.15, 0.2) is 0 Å². The quantitative estimate of drug-likeness (QED) is 0.794. The molecular weight excluding hydrogens is 284 g/mol. The van der Waals surface area contributed by atoms with E-state index >= 15 is 0 Å². The van der Waals surface area contributed by atoms with Gasteiger partial charge in [0.05, 0.1) is 12.7 Å².